The van der Waals surface area contributed by atoms with Crippen molar-refractivity contribution < 1.29 is 8.42 Å². The van der Waals surface area contributed by atoms with Crippen LogP contribution in [0.2, 0.25) is 0 Å². The van der Waals surface area contributed by atoms with E-state index in [4.69, 9.17) is 0 Å². The standard InChI is InChI=1S/C21H27N3O2S/c25-27(26,24(20-9-10-20)17-18-5-2-1-3-6-18)21-8-4-7-19(15-21)16-23-13-11-22-12-14-23/h1-8,15,20,22H,9-14,16-17H2. The molecule has 0 radical (unpaired) electrons. The van der Waals surface area contributed by atoms with Crippen molar-refractivity contribution in [3.8, 4) is 0 Å². The maximum absolute atomic E-state index is 13.4. The molecule has 2 aromatic carbocycles. The molecule has 2 aliphatic rings. The fourth-order valence-corrected chi connectivity index (χ4v) is 5.35. The Balaban J connectivity index is 1.55. The number of rotatable bonds is 7. The predicted octanol–water partition coefficient (Wildman–Crippen LogP) is 2.45. The largest absolute Gasteiger partial charge is 0.314 e. The topological polar surface area (TPSA) is 52.7 Å². The molecule has 2 fully saturated rings. The SMILES string of the molecule is O=S(=O)(c1cccc(CN2CCNCC2)c1)N(Cc1ccccc1)C1CC1. The molecule has 1 heterocycles. The molecule has 1 saturated carbocycles. The number of hydrogen-bond donors (Lipinski definition) is 1. The van der Waals surface area contributed by atoms with Crippen LogP contribution in [-0.4, -0.2) is 49.8 Å². The van der Waals surface area contributed by atoms with Crippen LogP contribution < -0.4 is 5.32 Å². The first-order chi connectivity index (χ1) is 13.1. The van der Waals surface area contributed by atoms with E-state index in [0.717, 1.165) is 56.7 Å². The lowest BCUT2D eigenvalue weighted by Crippen LogP contribution is -2.42. The molecule has 0 unspecified atom stereocenters. The summed E-state index contributed by atoms with van der Waals surface area (Å²) in [5.41, 5.74) is 2.10. The number of hydrogen-bond acceptors (Lipinski definition) is 4. The average Bonchev–Trinajstić information content (AvgIpc) is 3.53. The second-order valence-corrected chi connectivity index (χ2v) is 9.33. The van der Waals surface area contributed by atoms with E-state index in [9.17, 15) is 8.42 Å². The minimum atomic E-state index is -3.50. The fraction of sp³-hybridized carbons (Fsp3) is 0.429. The Hall–Kier alpha value is -1.73. The molecule has 1 aliphatic heterocycles. The zero-order valence-electron chi connectivity index (χ0n) is 15.5. The van der Waals surface area contributed by atoms with Crippen LogP contribution >= 0.6 is 0 Å². The van der Waals surface area contributed by atoms with Gasteiger partial charge in [-0.15, -0.1) is 0 Å². The van der Waals surface area contributed by atoms with Crippen molar-refractivity contribution in [2.45, 2.75) is 36.9 Å². The van der Waals surface area contributed by atoms with Gasteiger partial charge in [-0.3, -0.25) is 4.90 Å². The van der Waals surface area contributed by atoms with Crippen molar-refractivity contribution in [3.63, 3.8) is 0 Å². The van der Waals surface area contributed by atoms with Crippen molar-refractivity contribution >= 4 is 10.0 Å². The molecule has 1 N–H and O–H groups in total. The highest BCUT2D eigenvalue weighted by Crippen LogP contribution is 2.33. The average molecular weight is 386 g/mol. The van der Waals surface area contributed by atoms with Crippen molar-refractivity contribution in [2.75, 3.05) is 26.2 Å². The Bertz CT molecular complexity index is 860. The Labute approximate surface area is 162 Å². The van der Waals surface area contributed by atoms with Gasteiger partial charge in [0.25, 0.3) is 0 Å². The van der Waals surface area contributed by atoms with Gasteiger partial charge in [0, 0.05) is 45.3 Å². The summed E-state index contributed by atoms with van der Waals surface area (Å²) in [6, 6.07) is 17.5. The lowest BCUT2D eigenvalue weighted by molar-refractivity contribution is 0.233. The lowest BCUT2D eigenvalue weighted by atomic mass is 10.2. The number of nitrogens with one attached hydrogen (secondary N) is 1. The van der Waals surface area contributed by atoms with E-state index in [-0.39, 0.29) is 6.04 Å². The molecule has 144 valence electrons. The lowest BCUT2D eigenvalue weighted by Gasteiger charge is -2.27. The van der Waals surface area contributed by atoms with Crippen LogP contribution in [0.15, 0.2) is 59.5 Å². The Morgan fingerprint density at radius 1 is 0.963 bits per heavy atom. The van der Waals surface area contributed by atoms with E-state index in [2.05, 4.69) is 10.2 Å². The fourth-order valence-electron chi connectivity index (χ4n) is 3.60. The van der Waals surface area contributed by atoms with E-state index in [1.165, 1.54) is 0 Å². The van der Waals surface area contributed by atoms with Gasteiger partial charge < -0.3 is 5.32 Å². The highest BCUT2D eigenvalue weighted by Gasteiger charge is 2.38. The zero-order chi connectivity index (χ0) is 18.7. The van der Waals surface area contributed by atoms with Gasteiger partial charge in [0.15, 0.2) is 0 Å². The number of piperazine rings is 1. The smallest absolute Gasteiger partial charge is 0.243 e. The molecule has 0 amide bonds. The van der Waals surface area contributed by atoms with Gasteiger partial charge in [-0.05, 0) is 36.1 Å². The molecule has 0 atom stereocenters. The van der Waals surface area contributed by atoms with Gasteiger partial charge in [-0.1, -0.05) is 42.5 Å². The second kappa shape index (κ2) is 8.10. The van der Waals surface area contributed by atoms with Gasteiger partial charge in [0.2, 0.25) is 10.0 Å². The third kappa shape index (κ3) is 4.58. The monoisotopic (exact) mass is 385 g/mol. The Kier molecular flexibility index (Phi) is 5.59. The second-order valence-electron chi connectivity index (χ2n) is 7.44. The summed E-state index contributed by atoms with van der Waals surface area (Å²) in [5, 5.41) is 3.35. The minimum absolute atomic E-state index is 0.132. The van der Waals surface area contributed by atoms with E-state index in [1.54, 1.807) is 10.4 Å². The summed E-state index contributed by atoms with van der Waals surface area (Å²) in [5.74, 6) is 0. The highest BCUT2D eigenvalue weighted by atomic mass is 32.2. The summed E-state index contributed by atoms with van der Waals surface area (Å²) >= 11 is 0. The summed E-state index contributed by atoms with van der Waals surface area (Å²) in [6.45, 7) is 5.22. The summed E-state index contributed by atoms with van der Waals surface area (Å²) < 4.78 is 28.4. The summed E-state index contributed by atoms with van der Waals surface area (Å²) in [6.07, 6.45) is 1.90. The Morgan fingerprint density at radius 2 is 1.67 bits per heavy atom. The molecule has 1 saturated heterocycles. The number of sulfonamides is 1. The van der Waals surface area contributed by atoms with Crippen LogP contribution in [0.25, 0.3) is 0 Å². The summed E-state index contributed by atoms with van der Waals surface area (Å²) in [7, 11) is -3.50. The van der Waals surface area contributed by atoms with Crippen molar-refractivity contribution in [1.29, 1.82) is 0 Å². The third-order valence-corrected chi connectivity index (χ3v) is 7.15. The normalized spacial score (nSPS) is 18.7. The maximum atomic E-state index is 13.4. The molecular weight excluding hydrogens is 358 g/mol. The van der Waals surface area contributed by atoms with Gasteiger partial charge in [-0.2, -0.15) is 4.31 Å². The molecule has 0 spiro atoms. The van der Waals surface area contributed by atoms with Crippen molar-refractivity contribution in [2.24, 2.45) is 0 Å². The third-order valence-electron chi connectivity index (χ3n) is 5.26. The van der Waals surface area contributed by atoms with Crippen LogP contribution in [-0.2, 0) is 23.1 Å². The Morgan fingerprint density at radius 3 is 2.37 bits per heavy atom. The zero-order valence-corrected chi connectivity index (χ0v) is 16.4. The molecular formula is C21H27N3O2S. The van der Waals surface area contributed by atoms with Gasteiger partial charge >= 0.3 is 0 Å². The van der Waals surface area contributed by atoms with Crippen LogP contribution in [0.5, 0.6) is 0 Å². The maximum Gasteiger partial charge on any atom is 0.243 e. The molecule has 0 bridgehead atoms. The molecule has 27 heavy (non-hydrogen) atoms. The first-order valence-electron chi connectivity index (χ1n) is 9.71. The first kappa shape index (κ1) is 18.6. The quantitative estimate of drug-likeness (QED) is 0.795. The molecule has 5 nitrogen and oxygen atoms in total. The first-order valence-corrected chi connectivity index (χ1v) is 11.1. The van der Waals surface area contributed by atoms with Gasteiger partial charge in [0.1, 0.15) is 0 Å². The van der Waals surface area contributed by atoms with Crippen LogP contribution in [0.1, 0.15) is 24.0 Å². The minimum Gasteiger partial charge on any atom is -0.314 e. The molecule has 6 heteroatoms. The highest BCUT2D eigenvalue weighted by molar-refractivity contribution is 7.89. The molecule has 4 rings (SSSR count). The van der Waals surface area contributed by atoms with Gasteiger partial charge in [-0.25, -0.2) is 8.42 Å². The van der Waals surface area contributed by atoms with Crippen molar-refractivity contribution in [1.82, 2.24) is 14.5 Å². The number of nitrogens with zero attached hydrogens (tertiary/aromatic N) is 2. The van der Waals surface area contributed by atoms with E-state index >= 15 is 0 Å². The predicted molar refractivity (Wildman–Crippen MR) is 107 cm³/mol. The molecule has 2 aromatic rings. The van der Waals surface area contributed by atoms with E-state index in [0.29, 0.717) is 11.4 Å². The van der Waals surface area contributed by atoms with Gasteiger partial charge in [0.05, 0.1) is 4.90 Å². The van der Waals surface area contributed by atoms with Crippen molar-refractivity contribution in [3.05, 3.63) is 65.7 Å². The molecule has 1 aliphatic carbocycles. The van der Waals surface area contributed by atoms with Crippen LogP contribution in [0, 0.1) is 0 Å². The number of benzene rings is 2. The van der Waals surface area contributed by atoms with E-state index in [1.807, 2.05) is 48.5 Å². The van der Waals surface area contributed by atoms with Crippen LogP contribution in [0.3, 0.4) is 0 Å². The summed E-state index contributed by atoms with van der Waals surface area (Å²) in [4.78, 5) is 2.78. The van der Waals surface area contributed by atoms with E-state index < -0.39 is 10.0 Å². The van der Waals surface area contributed by atoms with Crippen LogP contribution in [0.4, 0.5) is 0 Å². The molecule has 0 aromatic heterocycles.